The number of aliphatic hydroxyl groups is 1. The number of allylic oxidation sites excluding steroid dienone is 2. The quantitative estimate of drug-likeness (QED) is 0.119. The largest absolute Gasteiger partial charge is 0.512 e. The number of carbonyl (C=O) groups excluding carboxylic acids is 1. The first kappa shape index (κ1) is 27.2. The molecule has 5 rings (SSSR count). The van der Waals surface area contributed by atoms with E-state index in [-0.39, 0.29) is 31.6 Å². The number of benzene rings is 3. The van der Waals surface area contributed by atoms with Crippen LogP contribution in [0.4, 0.5) is 0 Å². The van der Waals surface area contributed by atoms with Crippen molar-refractivity contribution < 1.29 is 30.0 Å². The van der Waals surface area contributed by atoms with Crippen LogP contribution < -0.4 is 0 Å². The van der Waals surface area contributed by atoms with Crippen LogP contribution in [0.25, 0.3) is 42.9 Å². The summed E-state index contributed by atoms with van der Waals surface area (Å²) >= 11 is 1.83. The van der Waals surface area contributed by atoms with Gasteiger partial charge in [-0.2, -0.15) is 0 Å². The van der Waals surface area contributed by atoms with Crippen molar-refractivity contribution in [2.75, 3.05) is 0 Å². The van der Waals surface area contributed by atoms with Gasteiger partial charge < -0.3 is 10.1 Å². The van der Waals surface area contributed by atoms with Gasteiger partial charge in [0.05, 0.1) is 5.76 Å². The summed E-state index contributed by atoms with van der Waals surface area (Å²) in [5, 5.41) is 9.59. The van der Waals surface area contributed by atoms with Gasteiger partial charge in [0.15, 0.2) is 5.78 Å². The molecule has 3 aromatic carbocycles. The van der Waals surface area contributed by atoms with Crippen molar-refractivity contribution in [2.24, 2.45) is 0 Å². The molecule has 0 aliphatic heterocycles. The second-order valence-electron chi connectivity index (χ2n) is 8.24. The Bertz CT molecular complexity index is 1490. The summed E-state index contributed by atoms with van der Waals surface area (Å²) in [6.45, 7) is 5.03. The smallest absolute Gasteiger partial charge is 0.155 e. The van der Waals surface area contributed by atoms with Crippen molar-refractivity contribution in [3.63, 3.8) is 0 Å². The number of aryl methyl sites for hydroxylation is 1. The first-order valence-electron chi connectivity index (χ1n) is 11.3. The number of pyridine rings is 1. The van der Waals surface area contributed by atoms with E-state index in [2.05, 4.69) is 85.8 Å². The van der Waals surface area contributed by atoms with Crippen molar-refractivity contribution in [3.8, 4) is 32.8 Å². The van der Waals surface area contributed by atoms with Gasteiger partial charge in [0.25, 0.3) is 0 Å². The van der Waals surface area contributed by atoms with Gasteiger partial charge in [-0.25, -0.2) is 0 Å². The monoisotopic (exact) mass is 669 g/mol. The Hall–Kier alpha value is -3.37. The van der Waals surface area contributed by atoms with E-state index in [9.17, 15) is 4.79 Å². The molecular weight excluding hydrogens is 643 g/mol. The van der Waals surface area contributed by atoms with Gasteiger partial charge in [-0.05, 0) is 43.2 Å². The van der Waals surface area contributed by atoms with Gasteiger partial charge in [0, 0.05) is 47.3 Å². The van der Waals surface area contributed by atoms with E-state index in [0.717, 1.165) is 11.3 Å². The molecule has 0 atom stereocenters. The predicted molar refractivity (Wildman–Crippen MR) is 147 cm³/mol. The van der Waals surface area contributed by atoms with Crippen LogP contribution in [-0.2, 0) is 24.9 Å². The van der Waals surface area contributed by atoms with E-state index >= 15 is 0 Å². The van der Waals surface area contributed by atoms with Gasteiger partial charge in [0.2, 0.25) is 0 Å². The summed E-state index contributed by atoms with van der Waals surface area (Å²) in [4.78, 5) is 16.1. The average Bonchev–Trinajstić information content (AvgIpc) is 3.20. The number of ketones is 1. The van der Waals surface area contributed by atoms with E-state index in [1.54, 1.807) is 0 Å². The number of nitrogens with zero attached hydrogens (tertiary/aromatic N) is 1. The van der Waals surface area contributed by atoms with Crippen LogP contribution in [0, 0.1) is 13.0 Å². The van der Waals surface area contributed by atoms with Crippen LogP contribution in [0.15, 0.2) is 103 Å². The molecule has 5 aromatic rings. The van der Waals surface area contributed by atoms with Crippen molar-refractivity contribution in [3.05, 3.63) is 115 Å². The minimum atomic E-state index is -0.125. The van der Waals surface area contributed by atoms with Crippen LogP contribution in [0.1, 0.15) is 19.4 Å². The van der Waals surface area contributed by atoms with Crippen LogP contribution >= 0.6 is 11.3 Å². The zero-order valence-corrected chi connectivity index (χ0v) is 23.5. The fourth-order valence-electron chi connectivity index (χ4n) is 3.84. The molecule has 0 aliphatic rings. The van der Waals surface area contributed by atoms with Crippen LogP contribution in [0.2, 0.25) is 0 Å². The number of aromatic nitrogens is 1. The molecule has 0 fully saturated rings. The molecular formula is C31H26IrNO2S-. The number of hydrogen-bond acceptors (Lipinski definition) is 4. The Labute approximate surface area is 229 Å². The second-order valence-corrected chi connectivity index (χ2v) is 9.29. The van der Waals surface area contributed by atoms with Gasteiger partial charge in [-0.15, -0.1) is 46.7 Å². The standard InChI is InChI=1S/C26H18NS.C5H8O2.Ir/c1-18-23-17-27-24(16-25(23)28-26(18)20-11-6-3-7-12-20)22-14-8-13-21(15-22)19-9-4-2-5-10-19;1-4(6)3-5(2)7;/h2-13,15-17H,1H3;3,6H,1-2H3;/q-1;;/b;4-3-;. The number of thiophene rings is 1. The fourth-order valence-corrected chi connectivity index (χ4v) is 5.07. The summed E-state index contributed by atoms with van der Waals surface area (Å²) in [6, 6.07) is 32.8. The SMILES string of the molecule is CC(=O)/C=C(/C)O.Cc1c(-c2ccccc2)sc2cc(-c3[c-]ccc(-c4ccccc4)c3)ncc12.[Ir]. The fraction of sp³-hybridized carbons (Fsp3) is 0.0968. The molecule has 3 nitrogen and oxygen atoms in total. The molecule has 0 aliphatic carbocycles. The van der Waals surface area contributed by atoms with E-state index in [1.165, 1.54) is 57.1 Å². The number of rotatable bonds is 4. The van der Waals surface area contributed by atoms with E-state index in [0.29, 0.717) is 0 Å². The van der Waals surface area contributed by atoms with Gasteiger partial charge in [-0.3, -0.25) is 4.79 Å². The van der Waals surface area contributed by atoms with Crippen LogP contribution in [0.3, 0.4) is 0 Å². The Morgan fingerprint density at radius 3 is 2.14 bits per heavy atom. The molecule has 0 unspecified atom stereocenters. The Balaban J connectivity index is 0.000000400. The first-order valence-corrected chi connectivity index (χ1v) is 12.1. The topological polar surface area (TPSA) is 50.2 Å². The molecule has 2 heterocycles. The third kappa shape index (κ3) is 6.64. The molecule has 1 radical (unpaired) electrons. The second kappa shape index (κ2) is 12.5. The molecule has 0 bridgehead atoms. The van der Waals surface area contributed by atoms with E-state index in [1.807, 2.05) is 29.7 Å². The maximum Gasteiger partial charge on any atom is 0.155 e. The molecule has 0 amide bonds. The summed E-state index contributed by atoms with van der Waals surface area (Å²) in [7, 11) is 0. The third-order valence-corrected chi connectivity index (χ3v) is 6.76. The number of carbonyl (C=O) groups is 1. The Kier molecular flexibility index (Phi) is 9.49. The van der Waals surface area contributed by atoms with Gasteiger partial charge in [-0.1, -0.05) is 66.7 Å². The van der Waals surface area contributed by atoms with Crippen LogP contribution in [0.5, 0.6) is 0 Å². The molecule has 2 aromatic heterocycles. The molecule has 183 valence electrons. The number of aliphatic hydroxyl groups excluding tert-OH is 1. The Morgan fingerprint density at radius 2 is 1.56 bits per heavy atom. The van der Waals surface area contributed by atoms with E-state index < -0.39 is 0 Å². The third-order valence-electron chi connectivity index (χ3n) is 5.46. The van der Waals surface area contributed by atoms with Crippen molar-refractivity contribution in [1.29, 1.82) is 0 Å². The average molecular weight is 669 g/mol. The maximum atomic E-state index is 10.0. The Morgan fingerprint density at radius 1 is 0.917 bits per heavy atom. The molecule has 36 heavy (non-hydrogen) atoms. The zero-order chi connectivity index (χ0) is 24.8. The molecule has 0 spiro atoms. The van der Waals surface area contributed by atoms with Crippen LogP contribution in [-0.4, -0.2) is 15.9 Å². The molecule has 1 N–H and O–H groups in total. The molecule has 0 saturated carbocycles. The zero-order valence-electron chi connectivity index (χ0n) is 20.3. The summed E-state index contributed by atoms with van der Waals surface area (Å²) in [5.41, 5.74) is 6.94. The van der Waals surface area contributed by atoms with Gasteiger partial charge >= 0.3 is 0 Å². The maximum absolute atomic E-state index is 10.0. The van der Waals surface area contributed by atoms with Crippen molar-refractivity contribution in [1.82, 2.24) is 4.98 Å². The minimum Gasteiger partial charge on any atom is -0.512 e. The first-order chi connectivity index (χ1) is 16.9. The summed E-state index contributed by atoms with van der Waals surface area (Å²) < 4.78 is 1.26. The number of fused-ring (bicyclic) bond motifs is 1. The minimum absolute atomic E-state index is 0. The molecule has 5 heteroatoms. The number of hydrogen-bond donors (Lipinski definition) is 1. The summed E-state index contributed by atoms with van der Waals surface area (Å²) in [5.74, 6) is -0.0625. The summed E-state index contributed by atoms with van der Waals surface area (Å²) in [6.07, 6.45) is 3.17. The van der Waals surface area contributed by atoms with E-state index in [4.69, 9.17) is 10.1 Å². The predicted octanol–water partition coefficient (Wildman–Crippen LogP) is 8.44. The van der Waals surface area contributed by atoms with Crippen molar-refractivity contribution in [2.45, 2.75) is 20.8 Å². The van der Waals surface area contributed by atoms with Gasteiger partial charge in [0.1, 0.15) is 0 Å². The molecule has 0 saturated heterocycles. The van der Waals surface area contributed by atoms with Crippen molar-refractivity contribution >= 4 is 27.2 Å². The normalized spacial score (nSPS) is 10.8.